The van der Waals surface area contributed by atoms with E-state index in [1.165, 1.54) is 24.3 Å². The van der Waals surface area contributed by atoms with E-state index in [0.717, 1.165) is 0 Å². The zero-order valence-corrected chi connectivity index (χ0v) is 12.0. The number of urea groups is 1. The van der Waals surface area contributed by atoms with Crippen LogP contribution in [0.4, 0.5) is 9.18 Å². The summed E-state index contributed by atoms with van der Waals surface area (Å²) in [4.78, 5) is 11.7. The van der Waals surface area contributed by atoms with Crippen LogP contribution in [0.1, 0.15) is 12.5 Å². The van der Waals surface area contributed by atoms with Crippen LogP contribution in [0.5, 0.6) is 11.5 Å². The Morgan fingerprint density at radius 3 is 2.68 bits per heavy atom. The summed E-state index contributed by atoms with van der Waals surface area (Å²) >= 11 is 0. The van der Waals surface area contributed by atoms with Crippen molar-refractivity contribution in [3.05, 3.63) is 59.9 Å². The van der Waals surface area contributed by atoms with Gasteiger partial charge in [-0.25, -0.2) is 9.18 Å². The van der Waals surface area contributed by atoms with Gasteiger partial charge >= 0.3 is 6.03 Å². The molecule has 0 saturated heterocycles. The Bertz CT molecular complexity index is 632. The standard InChI is InChI=1S/C16H17FN2O3/c1-11(22-15-7-5-14(20)6-8-15)19-16(21)18-10-12-3-2-4-13(17)9-12/h2-9,11,20H,10H2,1H3,(H2,18,19,21). The molecule has 1 unspecified atom stereocenters. The third-order valence-electron chi connectivity index (χ3n) is 2.83. The average Bonchev–Trinajstić information content (AvgIpc) is 2.47. The smallest absolute Gasteiger partial charge is 0.317 e. The second-order valence-corrected chi connectivity index (χ2v) is 4.71. The number of phenolic OH excluding ortho intramolecular Hbond substituents is 1. The molecular formula is C16H17FN2O3. The first kappa shape index (κ1) is 15.6. The highest BCUT2D eigenvalue weighted by atomic mass is 19.1. The molecule has 2 amide bonds. The van der Waals surface area contributed by atoms with Crippen LogP contribution in [-0.4, -0.2) is 17.4 Å². The van der Waals surface area contributed by atoms with E-state index in [0.29, 0.717) is 11.3 Å². The molecule has 0 heterocycles. The average molecular weight is 304 g/mol. The van der Waals surface area contributed by atoms with Gasteiger partial charge < -0.3 is 20.5 Å². The number of carbonyl (C=O) groups is 1. The number of amides is 2. The number of ether oxygens (including phenoxy) is 1. The summed E-state index contributed by atoms with van der Waals surface area (Å²) in [5.74, 6) is 0.320. The van der Waals surface area contributed by atoms with Crippen molar-refractivity contribution < 1.29 is 19.0 Å². The van der Waals surface area contributed by atoms with E-state index in [1.807, 2.05) is 0 Å². The Morgan fingerprint density at radius 2 is 2.00 bits per heavy atom. The molecule has 0 aliphatic heterocycles. The highest BCUT2D eigenvalue weighted by Crippen LogP contribution is 2.16. The molecule has 6 heteroatoms. The number of halogens is 1. The fourth-order valence-corrected chi connectivity index (χ4v) is 1.82. The highest BCUT2D eigenvalue weighted by molar-refractivity contribution is 5.74. The predicted octanol–water partition coefficient (Wildman–Crippen LogP) is 2.76. The fourth-order valence-electron chi connectivity index (χ4n) is 1.82. The minimum atomic E-state index is -0.558. The molecule has 22 heavy (non-hydrogen) atoms. The van der Waals surface area contributed by atoms with Crippen LogP contribution in [-0.2, 0) is 6.54 Å². The predicted molar refractivity (Wildman–Crippen MR) is 80.0 cm³/mol. The molecule has 0 saturated carbocycles. The van der Waals surface area contributed by atoms with Crippen molar-refractivity contribution in [2.45, 2.75) is 19.7 Å². The number of carbonyl (C=O) groups excluding carboxylic acids is 1. The minimum Gasteiger partial charge on any atom is -0.508 e. The Balaban J connectivity index is 1.77. The largest absolute Gasteiger partial charge is 0.508 e. The molecule has 0 aromatic heterocycles. The van der Waals surface area contributed by atoms with Crippen molar-refractivity contribution in [2.75, 3.05) is 0 Å². The van der Waals surface area contributed by atoms with E-state index in [4.69, 9.17) is 4.74 Å². The topological polar surface area (TPSA) is 70.6 Å². The first-order valence-corrected chi connectivity index (χ1v) is 6.77. The number of rotatable bonds is 5. The van der Waals surface area contributed by atoms with Crippen molar-refractivity contribution >= 4 is 6.03 Å². The molecular weight excluding hydrogens is 287 g/mol. The van der Waals surface area contributed by atoms with Crippen LogP contribution in [0.15, 0.2) is 48.5 Å². The maximum Gasteiger partial charge on any atom is 0.317 e. The molecule has 0 fully saturated rings. The number of aromatic hydroxyl groups is 1. The van der Waals surface area contributed by atoms with Gasteiger partial charge in [-0.05, 0) is 48.9 Å². The van der Waals surface area contributed by atoms with Gasteiger partial charge in [0.15, 0.2) is 6.23 Å². The maximum atomic E-state index is 13.0. The van der Waals surface area contributed by atoms with Gasteiger partial charge in [0.1, 0.15) is 17.3 Å². The zero-order chi connectivity index (χ0) is 15.9. The second kappa shape index (κ2) is 7.31. The summed E-state index contributed by atoms with van der Waals surface area (Å²) in [6.45, 7) is 1.89. The first-order valence-electron chi connectivity index (χ1n) is 6.77. The van der Waals surface area contributed by atoms with Gasteiger partial charge in [0.2, 0.25) is 0 Å². The monoisotopic (exact) mass is 304 g/mol. The molecule has 116 valence electrons. The van der Waals surface area contributed by atoms with Crippen LogP contribution >= 0.6 is 0 Å². The number of nitrogens with one attached hydrogen (secondary N) is 2. The van der Waals surface area contributed by atoms with Gasteiger partial charge in [-0.15, -0.1) is 0 Å². The highest BCUT2D eigenvalue weighted by Gasteiger charge is 2.08. The molecule has 2 aromatic carbocycles. The molecule has 0 bridgehead atoms. The molecule has 2 rings (SSSR count). The first-order chi connectivity index (χ1) is 10.5. The Labute approximate surface area is 127 Å². The lowest BCUT2D eigenvalue weighted by Gasteiger charge is -2.16. The van der Waals surface area contributed by atoms with E-state index < -0.39 is 12.3 Å². The van der Waals surface area contributed by atoms with Gasteiger partial charge in [-0.1, -0.05) is 12.1 Å². The summed E-state index contributed by atoms with van der Waals surface area (Å²) in [5, 5.41) is 14.4. The minimum absolute atomic E-state index is 0.140. The lowest BCUT2D eigenvalue weighted by atomic mass is 10.2. The quantitative estimate of drug-likeness (QED) is 0.744. The number of benzene rings is 2. The van der Waals surface area contributed by atoms with Crippen LogP contribution in [0.2, 0.25) is 0 Å². The van der Waals surface area contributed by atoms with E-state index in [-0.39, 0.29) is 18.1 Å². The van der Waals surface area contributed by atoms with E-state index in [9.17, 15) is 14.3 Å². The molecule has 5 nitrogen and oxygen atoms in total. The summed E-state index contributed by atoms with van der Waals surface area (Å²) < 4.78 is 18.5. The zero-order valence-electron chi connectivity index (χ0n) is 12.0. The molecule has 0 radical (unpaired) electrons. The molecule has 1 atom stereocenters. The van der Waals surface area contributed by atoms with Crippen molar-refractivity contribution in [2.24, 2.45) is 0 Å². The van der Waals surface area contributed by atoms with Crippen molar-refractivity contribution in [3.8, 4) is 11.5 Å². The lowest BCUT2D eigenvalue weighted by molar-refractivity contribution is 0.177. The molecule has 0 aliphatic carbocycles. The molecule has 0 spiro atoms. The molecule has 0 aliphatic rings. The van der Waals surface area contributed by atoms with E-state index in [2.05, 4.69) is 10.6 Å². The second-order valence-electron chi connectivity index (χ2n) is 4.71. The Hall–Kier alpha value is -2.76. The van der Waals surface area contributed by atoms with Crippen LogP contribution in [0.3, 0.4) is 0 Å². The number of hydrogen-bond acceptors (Lipinski definition) is 3. The van der Waals surface area contributed by atoms with E-state index in [1.54, 1.807) is 31.2 Å². The van der Waals surface area contributed by atoms with Gasteiger partial charge in [-0.3, -0.25) is 0 Å². The van der Waals surface area contributed by atoms with Crippen molar-refractivity contribution in [3.63, 3.8) is 0 Å². The van der Waals surface area contributed by atoms with Crippen molar-refractivity contribution in [1.29, 1.82) is 0 Å². The SMILES string of the molecule is CC(NC(=O)NCc1cccc(F)c1)Oc1ccc(O)cc1. The Morgan fingerprint density at radius 1 is 1.27 bits per heavy atom. The lowest BCUT2D eigenvalue weighted by Crippen LogP contribution is -2.43. The van der Waals surface area contributed by atoms with Crippen LogP contribution in [0.25, 0.3) is 0 Å². The van der Waals surface area contributed by atoms with Crippen LogP contribution in [0, 0.1) is 5.82 Å². The fraction of sp³-hybridized carbons (Fsp3) is 0.188. The van der Waals surface area contributed by atoms with Gasteiger partial charge in [0, 0.05) is 6.54 Å². The van der Waals surface area contributed by atoms with Crippen LogP contribution < -0.4 is 15.4 Å². The van der Waals surface area contributed by atoms with Crippen molar-refractivity contribution in [1.82, 2.24) is 10.6 Å². The summed E-state index contributed by atoms with van der Waals surface area (Å²) in [5.41, 5.74) is 0.669. The summed E-state index contributed by atoms with van der Waals surface area (Å²) in [7, 11) is 0. The molecule has 2 aromatic rings. The van der Waals surface area contributed by atoms with Gasteiger partial charge in [-0.2, -0.15) is 0 Å². The maximum absolute atomic E-state index is 13.0. The Kier molecular flexibility index (Phi) is 5.19. The normalized spacial score (nSPS) is 11.5. The van der Waals surface area contributed by atoms with Gasteiger partial charge in [0.05, 0.1) is 0 Å². The summed E-state index contributed by atoms with van der Waals surface area (Å²) in [6.07, 6.45) is -0.558. The number of phenols is 1. The third-order valence-corrected chi connectivity index (χ3v) is 2.83. The summed E-state index contributed by atoms with van der Waals surface area (Å²) in [6, 6.07) is 11.8. The number of hydrogen-bond donors (Lipinski definition) is 3. The van der Waals surface area contributed by atoms with Gasteiger partial charge in [0.25, 0.3) is 0 Å². The van der Waals surface area contributed by atoms with E-state index >= 15 is 0 Å². The third kappa shape index (κ3) is 4.97. The molecule has 3 N–H and O–H groups in total.